The van der Waals surface area contributed by atoms with Crippen molar-refractivity contribution in [3.63, 3.8) is 0 Å². The number of anilines is 1. The Balaban J connectivity index is 1.66. The summed E-state index contributed by atoms with van der Waals surface area (Å²) in [5.41, 5.74) is 2.09. The number of hydrogen-bond acceptors (Lipinski definition) is 3. The van der Waals surface area contributed by atoms with Gasteiger partial charge in [0.05, 0.1) is 5.56 Å². The largest absolute Gasteiger partial charge is 0.322 e. The molecule has 25 heavy (non-hydrogen) atoms. The first-order chi connectivity index (χ1) is 12.2. The summed E-state index contributed by atoms with van der Waals surface area (Å²) in [6.45, 7) is 0. The summed E-state index contributed by atoms with van der Waals surface area (Å²) >= 11 is 0. The van der Waals surface area contributed by atoms with Crippen molar-refractivity contribution in [2.24, 2.45) is 0 Å². The molecule has 4 rings (SSSR count). The Hall–Kier alpha value is -3.54. The molecule has 2 heterocycles. The number of carbonyl (C=O) groups is 1. The number of hydrogen-bond donors (Lipinski definition) is 1. The summed E-state index contributed by atoms with van der Waals surface area (Å²) < 4.78 is 15.6. The van der Waals surface area contributed by atoms with E-state index in [9.17, 15) is 9.18 Å². The van der Waals surface area contributed by atoms with E-state index < -0.39 is 11.7 Å². The Morgan fingerprint density at radius 2 is 1.80 bits per heavy atom. The van der Waals surface area contributed by atoms with E-state index in [-0.39, 0.29) is 5.56 Å². The van der Waals surface area contributed by atoms with Gasteiger partial charge in [0, 0.05) is 17.4 Å². The number of halogens is 1. The minimum atomic E-state index is -0.556. The minimum Gasteiger partial charge on any atom is -0.322 e. The van der Waals surface area contributed by atoms with Crippen LogP contribution in [0.5, 0.6) is 0 Å². The monoisotopic (exact) mass is 332 g/mol. The van der Waals surface area contributed by atoms with Gasteiger partial charge in [0.2, 0.25) is 0 Å². The molecule has 122 valence electrons. The van der Waals surface area contributed by atoms with E-state index in [0.29, 0.717) is 11.5 Å². The molecule has 0 bridgehead atoms. The van der Waals surface area contributed by atoms with Crippen LogP contribution in [0.2, 0.25) is 0 Å². The molecular formula is C19H13FN4O. The molecule has 0 unspecified atom stereocenters. The predicted molar refractivity (Wildman–Crippen MR) is 92.8 cm³/mol. The Morgan fingerprint density at radius 1 is 0.960 bits per heavy atom. The number of carbonyl (C=O) groups excluding carboxylic acids is 1. The fraction of sp³-hybridized carbons (Fsp3) is 0. The van der Waals surface area contributed by atoms with E-state index in [1.165, 1.54) is 12.1 Å². The lowest BCUT2D eigenvalue weighted by molar-refractivity contribution is 0.102. The number of amides is 1. The second-order valence-corrected chi connectivity index (χ2v) is 5.47. The van der Waals surface area contributed by atoms with E-state index in [4.69, 9.17) is 0 Å². The summed E-state index contributed by atoms with van der Waals surface area (Å²) in [5.74, 6) is -0.390. The van der Waals surface area contributed by atoms with Gasteiger partial charge in [-0.1, -0.05) is 30.3 Å². The van der Waals surface area contributed by atoms with Crippen LogP contribution in [0.3, 0.4) is 0 Å². The molecule has 4 aromatic rings. The van der Waals surface area contributed by atoms with Gasteiger partial charge in [0.1, 0.15) is 5.82 Å². The topological polar surface area (TPSA) is 59.3 Å². The smallest absolute Gasteiger partial charge is 0.258 e. The molecule has 0 aliphatic rings. The van der Waals surface area contributed by atoms with E-state index in [1.807, 2.05) is 34.9 Å². The zero-order valence-corrected chi connectivity index (χ0v) is 13.1. The van der Waals surface area contributed by atoms with Crippen LogP contribution in [0, 0.1) is 5.82 Å². The second-order valence-electron chi connectivity index (χ2n) is 5.47. The van der Waals surface area contributed by atoms with Crippen LogP contribution in [0.1, 0.15) is 10.4 Å². The highest BCUT2D eigenvalue weighted by molar-refractivity contribution is 6.04. The Bertz CT molecular complexity index is 1070. The maximum absolute atomic E-state index is 13.7. The standard InChI is InChI=1S/C19H13FN4O/c20-16-9-2-1-8-15(16)19(25)21-14-7-5-6-13(12-14)18-23-22-17-10-3-4-11-24(17)18/h1-12H,(H,21,25). The summed E-state index contributed by atoms with van der Waals surface area (Å²) in [6, 6.07) is 18.7. The molecule has 1 N–H and O–H groups in total. The Morgan fingerprint density at radius 3 is 2.68 bits per heavy atom. The van der Waals surface area contributed by atoms with Gasteiger partial charge < -0.3 is 5.32 Å². The fourth-order valence-electron chi connectivity index (χ4n) is 2.62. The van der Waals surface area contributed by atoms with Crippen LogP contribution in [0.15, 0.2) is 72.9 Å². The summed E-state index contributed by atoms with van der Waals surface area (Å²) in [6.07, 6.45) is 1.87. The summed E-state index contributed by atoms with van der Waals surface area (Å²) in [4.78, 5) is 12.3. The molecule has 0 spiro atoms. The van der Waals surface area contributed by atoms with Crippen molar-refractivity contribution in [1.29, 1.82) is 0 Å². The Labute approximate surface area is 142 Å². The molecule has 1 amide bonds. The highest BCUT2D eigenvalue weighted by Gasteiger charge is 2.12. The van der Waals surface area contributed by atoms with E-state index in [0.717, 1.165) is 11.2 Å². The zero-order chi connectivity index (χ0) is 17.2. The third kappa shape index (κ3) is 2.85. The number of benzene rings is 2. The van der Waals surface area contributed by atoms with Crippen molar-refractivity contribution in [3.8, 4) is 11.4 Å². The van der Waals surface area contributed by atoms with Gasteiger partial charge in [-0.3, -0.25) is 9.20 Å². The van der Waals surface area contributed by atoms with Gasteiger partial charge in [-0.15, -0.1) is 10.2 Å². The maximum Gasteiger partial charge on any atom is 0.258 e. The SMILES string of the molecule is O=C(Nc1cccc(-c2nnc3ccccn23)c1)c1ccccc1F. The van der Waals surface area contributed by atoms with Gasteiger partial charge in [-0.05, 0) is 36.4 Å². The highest BCUT2D eigenvalue weighted by atomic mass is 19.1. The zero-order valence-electron chi connectivity index (χ0n) is 13.1. The number of fused-ring (bicyclic) bond motifs is 1. The number of nitrogens with one attached hydrogen (secondary N) is 1. The molecule has 5 nitrogen and oxygen atoms in total. The molecule has 2 aromatic carbocycles. The lowest BCUT2D eigenvalue weighted by Gasteiger charge is -2.07. The molecule has 0 fully saturated rings. The second kappa shape index (κ2) is 6.16. The van der Waals surface area contributed by atoms with Gasteiger partial charge >= 0.3 is 0 Å². The molecule has 6 heteroatoms. The van der Waals surface area contributed by atoms with Crippen LogP contribution < -0.4 is 5.32 Å². The van der Waals surface area contributed by atoms with Crippen LogP contribution >= 0.6 is 0 Å². The van der Waals surface area contributed by atoms with Gasteiger partial charge in [-0.25, -0.2) is 4.39 Å². The molecule has 0 saturated carbocycles. The molecule has 0 atom stereocenters. The third-order valence-electron chi connectivity index (χ3n) is 3.81. The minimum absolute atomic E-state index is 0.000769. The normalized spacial score (nSPS) is 10.8. The van der Waals surface area contributed by atoms with Crippen molar-refractivity contribution in [1.82, 2.24) is 14.6 Å². The Kier molecular flexibility index (Phi) is 3.70. The average molecular weight is 332 g/mol. The summed E-state index contributed by atoms with van der Waals surface area (Å²) in [5, 5.41) is 11.0. The van der Waals surface area contributed by atoms with Crippen molar-refractivity contribution in [3.05, 3.63) is 84.3 Å². The van der Waals surface area contributed by atoms with Gasteiger partial charge in [0.25, 0.3) is 5.91 Å². The predicted octanol–water partition coefficient (Wildman–Crippen LogP) is 3.79. The van der Waals surface area contributed by atoms with Gasteiger partial charge in [0.15, 0.2) is 11.5 Å². The van der Waals surface area contributed by atoms with E-state index >= 15 is 0 Å². The van der Waals surface area contributed by atoms with Crippen LogP contribution in [-0.2, 0) is 0 Å². The molecular weight excluding hydrogens is 319 g/mol. The van der Waals surface area contributed by atoms with Crippen molar-refractivity contribution in [2.75, 3.05) is 5.32 Å². The van der Waals surface area contributed by atoms with E-state index in [1.54, 1.807) is 30.3 Å². The van der Waals surface area contributed by atoms with Gasteiger partial charge in [-0.2, -0.15) is 0 Å². The number of nitrogens with zero attached hydrogens (tertiary/aromatic N) is 3. The first-order valence-electron chi connectivity index (χ1n) is 7.68. The van der Waals surface area contributed by atoms with E-state index in [2.05, 4.69) is 15.5 Å². The molecule has 0 aliphatic carbocycles. The van der Waals surface area contributed by atoms with Crippen LogP contribution in [0.25, 0.3) is 17.0 Å². The van der Waals surface area contributed by atoms with Crippen LogP contribution in [-0.4, -0.2) is 20.5 Å². The fourth-order valence-corrected chi connectivity index (χ4v) is 2.62. The number of pyridine rings is 1. The highest BCUT2D eigenvalue weighted by Crippen LogP contribution is 2.22. The summed E-state index contributed by atoms with van der Waals surface area (Å²) in [7, 11) is 0. The molecule has 0 saturated heterocycles. The molecule has 0 radical (unpaired) electrons. The average Bonchev–Trinajstić information content (AvgIpc) is 3.06. The first kappa shape index (κ1) is 15.0. The van der Waals surface area contributed by atoms with Crippen molar-refractivity contribution < 1.29 is 9.18 Å². The van der Waals surface area contributed by atoms with Crippen molar-refractivity contribution >= 4 is 17.2 Å². The first-order valence-corrected chi connectivity index (χ1v) is 7.68. The number of rotatable bonds is 3. The third-order valence-corrected chi connectivity index (χ3v) is 3.81. The maximum atomic E-state index is 13.7. The number of aromatic nitrogens is 3. The lowest BCUT2D eigenvalue weighted by Crippen LogP contribution is -2.13. The lowest BCUT2D eigenvalue weighted by atomic mass is 10.1. The quantitative estimate of drug-likeness (QED) is 0.621. The van der Waals surface area contributed by atoms with Crippen molar-refractivity contribution in [2.45, 2.75) is 0 Å². The molecule has 2 aromatic heterocycles. The van der Waals surface area contributed by atoms with Crippen LogP contribution in [0.4, 0.5) is 10.1 Å². The molecule has 0 aliphatic heterocycles.